The Kier molecular flexibility index (Phi) is 7.10. The third-order valence-electron chi connectivity index (χ3n) is 5.54. The van der Waals surface area contributed by atoms with Gasteiger partial charge >= 0.3 is 0 Å². The molecule has 0 aliphatic heterocycles. The molecule has 1 aliphatic rings. The van der Waals surface area contributed by atoms with Gasteiger partial charge in [-0.25, -0.2) is 0 Å². The Morgan fingerprint density at radius 2 is 1.77 bits per heavy atom. The third-order valence-corrected chi connectivity index (χ3v) is 6.37. The van der Waals surface area contributed by atoms with Crippen LogP contribution in [0.3, 0.4) is 0 Å². The van der Waals surface area contributed by atoms with Crippen molar-refractivity contribution in [3.05, 3.63) is 70.3 Å². The van der Waals surface area contributed by atoms with E-state index >= 15 is 0 Å². The summed E-state index contributed by atoms with van der Waals surface area (Å²) in [5.74, 6) is 0. The first-order valence-electron chi connectivity index (χ1n) is 10.9. The van der Waals surface area contributed by atoms with Crippen LogP contribution in [0.4, 0.5) is 5.69 Å². The molecular formula is C25H29N5S. The van der Waals surface area contributed by atoms with Gasteiger partial charge in [0, 0.05) is 11.4 Å². The van der Waals surface area contributed by atoms with Crippen molar-refractivity contribution in [2.45, 2.75) is 52.0 Å². The molecule has 0 amide bonds. The van der Waals surface area contributed by atoms with Crippen molar-refractivity contribution in [1.82, 2.24) is 4.57 Å². The average Bonchev–Trinajstić information content (AvgIpc) is 3.23. The van der Waals surface area contributed by atoms with Crippen molar-refractivity contribution in [3.63, 3.8) is 0 Å². The average molecular weight is 432 g/mol. The van der Waals surface area contributed by atoms with E-state index in [1.165, 1.54) is 48.9 Å². The number of hydrogen-bond acceptors (Lipinski definition) is 5. The maximum Gasteiger partial charge on any atom is 0.211 e. The molecule has 2 aromatic carbocycles. The van der Waals surface area contributed by atoms with Crippen LogP contribution in [0.1, 0.15) is 50.6 Å². The molecule has 0 bridgehead atoms. The van der Waals surface area contributed by atoms with E-state index < -0.39 is 0 Å². The smallest absolute Gasteiger partial charge is 0.211 e. The highest BCUT2D eigenvalue weighted by Crippen LogP contribution is 2.32. The quantitative estimate of drug-likeness (QED) is 0.356. The third kappa shape index (κ3) is 5.58. The lowest BCUT2D eigenvalue weighted by atomic mass is 9.95. The summed E-state index contributed by atoms with van der Waals surface area (Å²) in [6, 6.07) is 19.1. The van der Waals surface area contributed by atoms with Gasteiger partial charge in [0.15, 0.2) is 0 Å². The monoisotopic (exact) mass is 431 g/mol. The van der Waals surface area contributed by atoms with Gasteiger partial charge in [0.2, 0.25) is 4.80 Å². The number of hydrazone groups is 1. The molecule has 0 unspecified atom stereocenters. The Bertz CT molecular complexity index is 1100. The Morgan fingerprint density at radius 1 is 1.03 bits per heavy atom. The molecule has 0 radical (unpaired) electrons. The summed E-state index contributed by atoms with van der Waals surface area (Å²) in [7, 11) is 0. The zero-order chi connectivity index (χ0) is 21.5. The Morgan fingerprint density at radius 3 is 2.52 bits per heavy atom. The van der Waals surface area contributed by atoms with Crippen molar-refractivity contribution in [1.29, 1.82) is 0 Å². The maximum absolute atomic E-state index is 4.62. The Labute approximate surface area is 187 Å². The summed E-state index contributed by atoms with van der Waals surface area (Å²) in [6.07, 6.45) is 7.99. The number of aryl methyl sites for hydroxylation is 1. The molecule has 1 aromatic heterocycles. The molecule has 5 nitrogen and oxygen atoms in total. The number of benzene rings is 2. The van der Waals surface area contributed by atoms with Crippen LogP contribution in [0, 0.1) is 6.92 Å². The minimum Gasteiger partial charge on any atom is -0.312 e. The molecule has 4 rings (SSSR count). The highest BCUT2D eigenvalue weighted by molar-refractivity contribution is 7.07. The standard InChI is InChI=1S/C25H29N5S/c1-19-13-15-21(16-14-19)24-18-31-25(30(24)23-11-7-4-8-12-23)29-27-20(2)17-26-28-22-9-5-3-6-10-22/h3,5-6,9-10,13-18,23,28H,4,7-8,11-12H2,1-2H3/b26-17+,27-20+,29-25-. The van der Waals surface area contributed by atoms with Crippen LogP contribution in [-0.4, -0.2) is 16.5 Å². The van der Waals surface area contributed by atoms with Crippen LogP contribution in [0.2, 0.25) is 0 Å². The van der Waals surface area contributed by atoms with Crippen molar-refractivity contribution in [3.8, 4) is 11.3 Å². The van der Waals surface area contributed by atoms with Crippen LogP contribution in [-0.2, 0) is 0 Å². The number of nitrogens with zero attached hydrogens (tertiary/aromatic N) is 4. The lowest BCUT2D eigenvalue weighted by Crippen LogP contribution is -2.23. The summed E-state index contributed by atoms with van der Waals surface area (Å²) >= 11 is 1.66. The fourth-order valence-electron chi connectivity index (χ4n) is 3.88. The van der Waals surface area contributed by atoms with Gasteiger partial charge in [0.25, 0.3) is 0 Å². The van der Waals surface area contributed by atoms with Crippen LogP contribution in [0.15, 0.2) is 75.3 Å². The number of anilines is 1. The van der Waals surface area contributed by atoms with Gasteiger partial charge in [0.05, 0.1) is 23.3 Å². The lowest BCUT2D eigenvalue weighted by molar-refractivity contribution is 0.350. The number of para-hydroxylation sites is 1. The van der Waals surface area contributed by atoms with E-state index in [2.05, 4.69) is 61.9 Å². The SMILES string of the molecule is CC(/C=N/Nc1ccccc1)=N\N=c1/scc(-c2ccc(C)cc2)n1C1CCCCC1. The topological polar surface area (TPSA) is 54.0 Å². The minimum absolute atomic E-state index is 0.485. The van der Waals surface area contributed by atoms with Crippen LogP contribution < -0.4 is 10.2 Å². The number of rotatable bonds is 6. The molecule has 1 saturated carbocycles. The van der Waals surface area contributed by atoms with Gasteiger partial charge in [-0.15, -0.1) is 16.4 Å². The van der Waals surface area contributed by atoms with E-state index in [9.17, 15) is 0 Å². The molecule has 0 atom stereocenters. The van der Waals surface area contributed by atoms with Crippen LogP contribution in [0.25, 0.3) is 11.3 Å². The number of hydrogen-bond donors (Lipinski definition) is 1. The first kappa shape index (κ1) is 21.2. The Hall–Kier alpha value is -2.99. The highest BCUT2D eigenvalue weighted by Gasteiger charge is 2.20. The molecule has 160 valence electrons. The van der Waals surface area contributed by atoms with Crippen LogP contribution >= 0.6 is 11.3 Å². The zero-order valence-corrected chi connectivity index (χ0v) is 19.0. The molecule has 0 spiro atoms. The summed E-state index contributed by atoms with van der Waals surface area (Å²) in [5, 5.41) is 15.5. The first-order valence-corrected chi connectivity index (χ1v) is 11.8. The predicted octanol–water partition coefficient (Wildman–Crippen LogP) is 6.40. The van der Waals surface area contributed by atoms with Crippen molar-refractivity contribution in [2.75, 3.05) is 5.43 Å². The van der Waals surface area contributed by atoms with Crippen molar-refractivity contribution < 1.29 is 0 Å². The van der Waals surface area contributed by atoms with Gasteiger partial charge < -0.3 is 4.57 Å². The molecule has 6 heteroatoms. The zero-order valence-electron chi connectivity index (χ0n) is 18.2. The molecule has 0 saturated heterocycles. The summed E-state index contributed by atoms with van der Waals surface area (Å²) < 4.78 is 2.41. The number of thiazole rings is 1. The van der Waals surface area contributed by atoms with Crippen molar-refractivity contribution in [2.24, 2.45) is 15.3 Å². The van der Waals surface area contributed by atoms with Gasteiger partial charge in [0.1, 0.15) is 0 Å². The fraction of sp³-hybridized carbons (Fsp3) is 0.320. The van der Waals surface area contributed by atoms with Crippen LogP contribution in [0.5, 0.6) is 0 Å². The summed E-state index contributed by atoms with van der Waals surface area (Å²) in [4.78, 5) is 0.950. The summed E-state index contributed by atoms with van der Waals surface area (Å²) in [5.41, 5.74) is 8.46. The fourth-order valence-corrected chi connectivity index (χ4v) is 4.80. The van der Waals surface area contributed by atoms with E-state index in [1.54, 1.807) is 17.6 Å². The largest absolute Gasteiger partial charge is 0.312 e. The summed E-state index contributed by atoms with van der Waals surface area (Å²) in [6.45, 7) is 4.04. The molecular weight excluding hydrogens is 402 g/mol. The first-order chi connectivity index (χ1) is 15.2. The van der Waals surface area contributed by atoms with E-state index in [4.69, 9.17) is 0 Å². The van der Waals surface area contributed by atoms with Gasteiger partial charge in [-0.05, 0) is 44.4 Å². The minimum atomic E-state index is 0.485. The predicted molar refractivity (Wildman–Crippen MR) is 132 cm³/mol. The maximum atomic E-state index is 4.62. The second-order valence-electron chi connectivity index (χ2n) is 8.01. The second kappa shape index (κ2) is 10.4. The molecule has 31 heavy (non-hydrogen) atoms. The molecule has 3 aromatic rings. The molecule has 1 N–H and O–H groups in total. The van der Waals surface area contributed by atoms with Crippen molar-refractivity contribution >= 4 is 29.0 Å². The van der Waals surface area contributed by atoms with Gasteiger partial charge in [-0.3, -0.25) is 5.43 Å². The Balaban J connectivity index is 1.61. The number of aromatic nitrogens is 1. The van der Waals surface area contributed by atoms with E-state index in [1.807, 2.05) is 37.3 Å². The van der Waals surface area contributed by atoms with Gasteiger partial charge in [-0.2, -0.15) is 10.2 Å². The highest BCUT2D eigenvalue weighted by atomic mass is 32.1. The van der Waals surface area contributed by atoms with E-state index in [-0.39, 0.29) is 0 Å². The lowest BCUT2D eigenvalue weighted by Gasteiger charge is -2.25. The molecule has 1 fully saturated rings. The normalized spacial score (nSPS) is 16.2. The molecule has 1 aliphatic carbocycles. The molecule has 1 heterocycles. The van der Waals surface area contributed by atoms with E-state index in [0.717, 1.165) is 16.2 Å². The van der Waals surface area contributed by atoms with Gasteiger partial charge in [-0.1, -0.05) is 67.3 Å². The number of nitrogens with one attached hydrogen (secondary N) is 1. The van der Waals surface area contributed by atoms with E-state index in [0.29, 0.717) is 6.04 Å². The second-order valence-corrected chi connectivity index (χ2v) is 8.85.